The number of hydrogen-bond donors (Lipinski definition) is 2. The first kappa shape index (κ1) is 16.4. The van der Waals surface area contributed by atoms with Crippen molar-refractivity contribution in [3.63, 3.8) is 0 Å². The van der Waals surface area contributed by atoms with Gasteiger partial charge in [-0.25, -0.2) is 4.79 Å². The summed E-state index contributed by atoms with van der Waals surface area (Å²) in [5.74, 6) is -0.962. The molecular weight excluding hydrogens is 278 g/mol. The molecule has 0 aromatic carbocycles. The highest BCUT2D eigenvalue weighted by molar-refractivity contribution is 5.83. The van der Waals surface area contributed by atoms with Crippen molar-refractivity contribution in [1.82, 2.24) is 14.9 Å². The van der Waals surface area contributed by atoms with E-state index in [-0.39, 0.29) is 31.8 Å². The lowest BCUT2D eigenvalue weighted by Crippen LogP contribution is -2.38. The smallest absolute Gasteiger partial charge is 0.325 e. The third kappa shape index (κ3) is 5.47. The lowest BCUT2D eigenvalue weighted by atomic mass is 10.2. The molecule has 0 spiro atoms. The van der Waals surface area contributed by atoms with Crippen molar-refractivity contribution in [2.75, 3.05) is 19.7 Å². The molecule has 0 aliphatic rings. The highest BCUT2D eigenvalue weighted by Crippen LogP contribution is 1.98. The second-order valence-corrected chi connectivity index (χ2v) is 4.16. The number of nitrogens with one attached hydrogen (secondary N) is 2. The second-order valence-electron chi connectivity index (χ2n) is 4.16. The van der Waals surface area contributed by atoms with Crippen LogP contribution in [0.1, 0.15) is 12.6 Å². The van der Waals surface area contributed by atoms with E-state index in [4.69, 9.17) is 4.74 Å². The van der Waals surface area contributed by atoms with Crippen LogP contribution in [0.2, 0.25) is 0 Å². The molecule has 0 saturated carbocycles. The van der Waals surface area contributed by atoms with Crippen molar-refractivity contribution in [3.8, 4) is 0 Å². The minimum atomic E-state index is -0.689. The Bertz CT molecular complexity index is 603. The van der Waals surface area contributed by atoms with Crippen LogP contribution in [-0.4, -0.2) is 46.4 Å². The molecule has 0 aliphatic carbocycles. The molecule has 0 unspecified atom stereocenters. The van der Waals surface area contributed by atoms with Gasteiger partial charge in [0.2, 0.25) is 5.91 Å². The molecule has 21 heavy (non-hydrogen) atoms. The summed E-state index contributed by atoms with van der Waals surface area (Å²) < 4.78 is 4.78. The van der Waals surface area contributed by atoms with E-state index < -0.39 is 23.1 Å². The van der Waals surface area contributed by atoms with Crippen LogP contribution in [0.3, 0.4) is 0 Å². The third-order valence-corrected chi connectivity index (χ3v) is 2.49. The zero-order chi connectivity index (χ0) is 15.8. The van der Waals surface area contributed by atoms with Gasteiger partial charge >= 0.3 is 11.7 Å². The highest BCUT2D eigenvalue weighted by atomic mass is 16.5. The molecule has 1 aromatic heterocycles. The van der Waals surface area contributed by atoms with Gasteiger partial charge in [-0.3, -0.25) is 19.4 Å². The lowest BCUT2D eigenvalue weighted by Gasteiger charge is -2.19. The molecule has 0 atom stereocenters. The van der Waals surface area contributed by atoms with Gasteiger partial charge in [-0.05, 0) is 6.92 Å². The number of hydrogen-bond acceptors (Lipinski definition) is 5. The van der Waals surface area contributed by atoms with Crippen molar-refractivity contribution in [2.45, 2.75) is 13.3 Å². The Hall–Kier alpha value is -2.64. The van der Waals surface area contributed by atoms with Gasteiger partial charge in [0, 0.05) is 18.3 Å². The number of H-pyrrole nitrogens is 2. The maximum atomic E-state index is 12.1. The van der Waals surface area contributed by atoms with E-state index >= 15 is 0 Å². The summed E-state index contributed by atoms with van der Waals surface area (Å²) in [6.07, 6.45) is 1.27. The summed E-state index contributed by atoms with van der Waals surface area (Å²) in [4.78, 5) is 51.4. The van der Waals surface area contributed by atoms with E-state index in [1.807, 2.05) is 4.98 Å². The number of rotatable bonds is 7. The van der Waals surface area contributed by atoms with E-state index in [1.54, 1.807) is 6.92 Å². The van der Waals surface area contributed by atoms with Gasteiger partial charge in [0.25, 0.3) is 5.56 Å². The molecule has 0 bridgehead atoms. The summed E-state index contributed by atoms with van der Waals surface area (Å²) in [7, 11) is 0. The van der Waals surface area contributed by atoms with Crippen LogP contribution >= 0.6 is 0 Å². The van der Waals surface area contributed by atoms with Gasteiger partial charge in [-0.15, -0.1) is 6.58 Å². The van der Waals surface area contributed by atoms with Crippen LogP contribution in [0.5, 0.6) is 0 Å². The molecule has 1 amide bonds. The fraction of sp³-hybridized carbons (Fsp3) is 0.385. The van der Waals surface area contributed by atoms with Gasteiger partial charge in [0.1, 0.15) is 6.54 Å². The van der Waals surface area contributed by atoms with Crippen molar-refractivity contribution < 1.29 is 14.3 Å². The number of aromatic amines is 2. The predicted molar refractivity (Wildman–Crippen MR) is 74.8 cm³/mol. The molecule has 0 aliphatic heterocycles. The third-order valence-electron chi connectivity index (χ3n) is 2.49. The van der Waals surface area contributed by atoms with E-state index in [0.29, 0.717) is 0 Å². The van der Waals surface area contributed by atoms with Gasteiger partial charge in [0.05, 0.1) is 13.0 Å². The average Bonchev–Trinajstić information content (AvgIpc) is 2.37. The summed E-state index contributed by atoms with van der Waals surface area (Å²) in [6.45, 7) is 5.34. The number of esters is 1. The monoisotopic (exact) mass is 295 g/mol. The van der Waals surface area contributed by atoms with Crippen molar-refractivity contribution in [3.05, 3.63) is 45.3 Å². The second kappa shape index (κ2) is 7.83. The maximum absolute atomic E-state index is 12.1. The lowest BCUT2D eigenvalue weighted by molar-refractivity contribution is -0.148. The standard InChI is InChI=1S/C13H17N3O5/c1-3-5-16(8-12(19)21-4-2)11(18)7-9-6-10(17)15-13(20)14-9/h3,6H,1,4-5,7-8H2,2H3,(H2,14,15,17,20). The Kier molecular flexibility index (Phi) is 6.12. The van der Waals surface area contributed by atoms with Crippen molar-refractivity contribution in [1.29, 1.82) is 0 Å². The first-order valence-corrected chi connectivity index (χ1v) is 6.33. The van der Waals surface area contributed by atoms with Gasteiger partial charge < -0.3 is 14.6 Å². The first-order valence-electron chi connectivity index (χ1n) is 6.33. The summed E-state index contributed by atoms with van der Waals surface area (Å²) >= 11 is 0. The zero-order valence-electron chi connectivity index (χ0n) is 11.7. The normalized spacial score (nSPS) is 9.95. The Morgan fingerprint density at radius 1 is 1.38 bits per heavy atom. The molecule has 0 fully saturated rings. The highest BCUT2D eigenvalue weighted by Gasteiger charge is 2.17. The molecule has 2 N–H and O–H groups in total. The van der Waals surface area contributed by atoms with Crippen LogP contribution in [-0.2, 0) is 20.7 Å². The minimum Gasteiger partial charge on any atom is -0.465 e. The average molecular weight is 295 g/mol. The van der Waals surface area contributed by atoms with E-state index in [1.165, 1.54) is 11.0 Å². The van der Waals surface area contributed by atoms with Crippen LogP contribution in [0, 0.1) is 0 Å². The fourth-order valence-electron chi connectivity index (χ4n) is 1.66. The van der Waals surface area contributed by atoms with Crippen molar-refractivity contribution >= 4 is 11.9 Å². The van der Waals surface area contributed by atoms with Crippen LogP contribution in [0.4, 0.5) is 0 Å². The van der Waals surface area contributed by atoms with Crippen LogP contribution in [0.25, 0.3) is 0 Å². The van der Waals surface area contributed by atoms with Crippen LogP contribution in [0.15, 0.2) is 28.3 Å². The summed E-state index contributed by atoms with van der Waals surface area (Å²) in [5.41, 5.74) is -1.11. The summed E-state index contributed by atoms with van der Waals surface area (Å²) in [5, 5.41) is 0. The Labute approximate surface area is 120 Å². The zero-order valence-corrected chi connectivity index (χ0v) is 11.7. The number of nitrogens with zero attached hydrogens (tertiary/aromatic N) is 1. The van der Waals surface area contributed by atoms with Gasteiger partial charge in [0.15, 0.2) is 0 Å². The van der Waals surface area contributed by atoms with Gasteiger partial charge in [-0.2, -0.15) is 0 Å². The first-order chi connectivity index (χ1) is 9.96. The van der Waals surface area contributed by atoms with E-state index in [9.17, 15) is 19.2 Å². The molecule has 8 heteroatoms. The van der Waals surface area contributed by atoms with Crippen LogP contribution < -0.4 is 11.2 Å². The van der Waals surface area contributed by atoms with E-state index in [2.05, 4.69) is 11.6 Å². The fourth-order valence-corrected chi connectivity index (χ4v) is 1.66. The topological polar surface area (TPSA) is 112 Å². The molecule has 0 radical (unpaired) electrons. The Morgan fingerprint density at radius 2 is 2.10 bits per heavy atom. The number of carbonyl (C=O) groups is 2. The minimum absolute atomic E-state index is 0.158. The number of ether oxygens (including phenoxy) is 1. The number of carbonyl (C=O) groups excluding carboxylic acids is 2. The molecule has 114 valence electrons. The largest absolute Gasteiger partial charge is 0.465 e. The molecule has 1 aromatic rings. The van der Waals surface area contributed by atoms with Gasteiger partial charge in [-0.1, -0.05) is 6.08 Å². The molecule has 8 nitrogen and oxygen atoms in total. The Balaban J connectivity index is 2.80. The van der Waals surface area contributed by atoms with E-state index in [0.717, 1.165) is 6.07 Å². The summed E-state index contributed by atoms with van der Waals surface area (Å²) in [6, 6.07) is 1.12. The SMILES string of the molecule is C=CCN(CC(=O)OCC)C(=O)Cc1cc(=O)[nH]c(=O)[nH]1. The Morgan fingerprint density at radius 3 is 2.67 bits per heavy atom. The predicted octanol–water partition coefficient (Wildman–Crippen LogP) is -0.817. The maximum Gasteiger partial charge on any atom is 0.325 e. The molecule has 0 saturated heterocycles. The number of aromatic nitrogens is 2. The molecule has 1 heterocycles. The molecular formula is C13H17N3O5. The quantitative estimate of drug-likeness (QED) is 0.504. The number of amides is 1. The van der Waals surface area contributed by atoms with Crippen molar-refractivity contribution in [2.24, 2.45) is 0 Å². The molecule has 1 rings (SSSR count).